The molecule has 1 aliphatic heterocycles. The number of benzene rings is 5. The second-order valence-corrected chi connectivity index (χ2v) is 11.2. The minimum atomic E-state index is -3.48. The molecule has 0 saturated carbocycles. The number of hydrogen-bond acceptors (Lipinski definition) is 5. The molecule has 0 saturated heterocycles. The summed E-state index contributed by atoms with van der Waals surface area (Å²) in [6, 6.07) is 40.5. The predicted octanol–water partition coefficient (Wildman–Crippen LogP) is 7.35. The number of hydrogen-bond donors (Lipinski definition) is 0. The number of aromatic nitrogens is 3. The van der Waals surface area contributed by atoms with Crippen LogP contribution >= 0.6 is 0 Å². The fourth-order valence-electron chi connectivity index (χ4n) is 4.95. The summed E-state index contributed by atoms with van der Waals surface area (Å²) >= 11 is 0. The Hall–Kier alpha value is -4.94. The van der Waals surface area contributed by atoms with Crippen molar-refractivity contribution in [3.63, 3.8) is 0 Å². The fraction of sp³-hybridized carbons (Fsp3) is 0. The monoisotopic (exact) mass is 523 g/mol. The molecule has 0 N–H and O–H groups in total. The van der Waals surface area contributed by atoms with Gasteiger partial charge in [-0.25, -0.2) is 23.4 Å². The molecule has 39 heavy (non-hydrogen) atoms. The van der Waals surface area contributed by atoms with Gasteiger partial charge in [-0.05, 0) is 29.3 Å². The van der Waals surface area contributed by atoms with Crippen molar-refractivity contribution in [1.29, 1.82) is 0 Å². The van der Waals surface area contributed by atoms with Crippen LogP contribution < -0.4 is 0 Å². The van der Waals surface area contributed by atoms with Crippen LogP contribution in [-0.2, 0) is 9.84 Å². The molecule has 6 heteroatoms. The third-order valence-electron chi connectivity index (χ3n) is 6.91. The Balaban J connectivity index is 1.29. The molecule has 0 aliphatic carbocycles. The third-order valence-corrected chi connectivity index (χ3v) is 8.78. The lowest BCUT2D eigenvalue weighted by Gasteiger charge is -2.09. The van der Waals surface area contributed by atoms with Gasteiger partial charge in [0.25, 0.3) is 0 Å². The van der Waals surface area contributed by atoms with E-state index < -0.39 is 9.84 Å². The first-order valence-corrected chi connectivity index (χ1v) is 14.0. The van der Waals surface area contributed by atoms with E-state index in [9.17, 15) is 8.42 Å². The summed E-state index contributed by atoms with van der Waals surface area (Å²) in [5, 5.41) is 0. The molecule has 0 radical (unpaired) electrons. The molecule has 7 rings (SSSR count). The van der Waals surface area contributed by atoms with E-state index in [2.05, 4.69) is 0 Å². The Labute approximate surface area is 226 Å². The van der Waals surface area contributed by atoms with Crippen LogP contribution in [0.1, 0.15) is 0 Å². The molecule has 5 aromatic carbocycles. The minimum Gasteiger partial charge on any atom is -0.218 e. The molecule has 0 atom stereocenters. The predicted molar refractivity (Wildman–Crippen MR) is 152 cm³/mol. The Morgan fingerprint density at radius 3 is 1.41 bits per heavy atom. The third kappa shape index (κ3) is 4.02. The van der Waals surface area contributed by atoms with Crippen molar-refractivity contribution in [3.05, 3.63) is 127 Å². The molecule has 6 aromatic rings. The van der Waals surface area contributed by atoms with E-state index in [0.717, 1.165) is 38.9 Å². The van der Waals surface area contributed by atoms with Gasteiger partial charge in [-0.1, -0.05) is 109 Å². The van der Waals surface area contributed by atoms with Gasteiger partial charge < -0.3 is 0 Å². The summed E-state index contributed by atoms with van der Waals surface area (Å²) in [5.41, 5.74) is 6.11. The Morgan fingerprint density at radius 2 is 0.821 bits per heavy atom. The van der Waals surface area contributed by atoms with Gasteiger partial charge in [0.15, 0.2) is 17.5 Å². The molecule has 186 valence electrons. The minimum absolute atomic E-state index is 0.358. The maximum Gasteiger partial charge on any atom is 0.207 e. The van der Waals surface area contributed by atoms with Gasteiger partial charge in [0.05, 0.1) is 9.79 Å². The molecule has 1 aliphatic rings. The lowest BCUT2D eigenvalue weighted by molar-refractivity contribution is 0.598. The Morgan fingerprint density at radius 1 is 0.385 bits per heavy atom. The Kier molecular flexibility index (Phi) is 5.42. The zero-order chi connectivity index (χ0) is 26.4. The highest BCUT2D eigenvalue weighted by Gasteiger charge is 2.32. The molecule has 1 aromatic heterocycles. The summed E-state index contributed by atoms with van der Waals surface area (Å²) in [6.45, 7) is 0. The van der Waals surface area contributed by atoms with E-state index >= 15 is 0 Å². The zero-order valence-electron chi connectivity index (χ0n) is 20.7. The second-order valence-electron chi connectivity index (χ2n) is 9.33. The standard InChI is InChI=1S/C33H21N3O2S/c37-39(38)29-14-8-7-13-27(29)28-21-26(19-20-30(28)39)22-15-17-25(18-16-22)33-35-31(23-9-3-1-4-10-23)34-32(36-33)24-11-5-2-6-12-24/h1-21H. The smallest absolute Gasteiger partial charge is 0.207 e. The van der Waals surface area contributed by atoms with Crippen molar-refractivity contribution < 1.29 is 8.42 Å². The molecule has 0 amide bonds. The average Bonchev–Trinajstić information content (AvgIpc) is 3.24. The summed E-state index contributed by atoms with van der Waals surface area (Å²) < 4.78 is 25.9. The molecule has 0 fully saturated rings. The van der Waals surface area contributed by atoms with Crippen LogP contribution in [0.25, 0.3) is 56.4 Å². The highest BCUT2D eigenvalue weighted by atomic mass is 32.2. The molecule has 0 spiro atoms. The maximum absolute atomic E-state index is 13.0. The van der Waals surface area contributed by atoms with E-state index in [1.807, 2.05) is 109 Å². The van der Waals surface area contributed by atoms with E-state index in [0.29, 0.717) is 27.3 Å². The fourth-order valence-corrected chi connectivity index (χ4v) is 6.61. The van der Waals surface area contributed by atoms with Crippen molar-refractivity contribution in [3.8, 4) is 56.4 Å². The summed E-state index contributed by atoms with van der Waals surface area (Å²) in [4.78, 5) is 15.1. The normalized spacial score (nSPS) is 13.0. The van der Waals surface area contributed by atoms with Crippen molar-refractivity contribution in [2.24, 2.45) is 0 Å². The van der Waals surface area contributed by atoms with Gasteiger partial charge in [0.2, 0.25) is 9.84 Å². The van der Waals surface area contributed by atoms with Crippen LogP contribution in [0.4, 0.5) is 0 Å². The molecule has 5 nitrogen and oxygen atoms in total. The van der Waals surface area contributed by atoms with Crippen LogP contribution in [0.5, 0.6) is 0 Å². The highest BCUT2D eigenvalue weighted by molar-refractivity contribution is 7.92. The van der Waals surface area contributed by atoms with E-state index in [4.69, 9.17) is 15.0 Å². The van der Waals surface area contributed by atoms with Gasteiger partial charge in [0, 0.05) is 27.8 Å². The van der Waals surface area contributed by atoms with Crippen molar-refractivity contribution in [2.45, 2.75) is 9.79 Å². The first-order chi connectivity index (χ1) is 19.1. The van der Waals surface area contributed by atoms with E-state index in [1.165, 1.54) is 0 Å². The first-order valence-electron chi connectivity index (χ1n) is 12.5. The molecular weight excluding hydrogens is 502 g/mol. The van der Waals surface area contributed by atoms with E-state index in [1.54, 1.807) is 18.2 Å². The zero-order valence-corrected chi connectivity index (χ0v) is 21.5. The number of fused-ring (bicyclic) bond motifs is 3. The van der Waals surface area contributed by atoms with E-state index in [-0.39, 0.29) is 0 Å². The maximum atomic E-state index is 13.0. The summed E-state index contributed by atoms with van der Waals surface area (Å²) in [6.07, 6.45) is 0. The highest BCUT2D eigenvalue weighted by Crippen LogP contribution is 2.44. The van der Waals surface area contributed by atoms with Crippen LogP contribution in [0, 0.1) is 0 Å². The molecule has 2 heterocycles. The lowest BCUT2D eigenvalue weighted by Crippen LogP contribution is -2.00. The van der Waals surface area contributed by atoms with Gasteiger partial charge in [-0.2, -0.15) is 0 Å². The number of sulfone groups is 1. The van der Waals surface area contributed by atoms with Crippen LogP contribution in [-0.4, -0.2) is 23.4 Å². The first kappa shape index (κ1) is 23.2. The van der Waals surface area contributed by atoms with Crippen molar-refractivity contribution in [1.82, 2.24) is 15.0 Å². The van der Waals surface area contributed by atoms with Gasteiger partial charge in [-0.15, -0.1) is 0 Å². The second kappa shape index (κ2) is 9.11. The van der Waals surface area contributed by atoms with Crippen LogP contribution in [0.15, 0.2) is 137 Å². The van der Waals surface area contributed by atoms with Gasteiger partial charge >= 0.3 is 0 Å². The van der Waals surface area contributed by atoms with Gasteiger partial charge in [0.1, 0.15) is 0 Å². The van der Waals surface area contributed by atoms with Crippen molar-refractivity contribution in [2.75, 3.05) is 0 Å². The summed E-state index contributed by atoms with van der Waals surface area (Å²) in [7, 11) is -3.48. The molecule has 0 unspecified atom stereocenters. The quantitative estimate of drug-likeness (QED) is 0.241. The van der Waals surface area contributed by atoms with Gasteiger partial charge in [-0.3, -0.25) is 0 Å². The average molecular weight is 524 g/mol. The van der Waals surface area contributed by atoms with Crippen molar-refractivity contribution >= 4 is 9.84 Å². The SMILES string of the molecule is O=S1(=O)c2ccccc2-c2cc(-c3ccc(-c4nc(-c5ccccc5)nc(-c5ccccc5)n4)cc3)ccc21. The van der Waals surface area contributed by atoms with Crippen LogP contribution in [0.2, 0.25) is 0 Å². The van der Waals surface area contributed by atoms with Crippen LogP contribution in [0.3, 0.4) is 0 Å². The lowest BCUT2D eigenvalue weighted by atomic mass is 9.98. The topological polar surface area (TPSA) is 72.8 Å². The summed E-state index contributed by atoms with van der Waals surface area (Å²) in [5.74, 6) is 1.81. The number of rotatable bonds is 4. The molecule has 0 bridgehead atoms. The number of nitrogens with zero attached hydrogens (tertiary/aromatic N) is 3. The Bertz CT molecular complexity index is 1900. The molecular formula is C33H21N3O2S. The largest absolute Gasteiger partial charge is 0.218 e.